The summed E-state index contributed by atoms with van der Waals surface area (Å²) in [4.78, 5) is 12.4. The van der Waals surface area contributed by atoms with Crippen LogP contribution in [0.5, 0.6) is 5.75 Å². The van der Waals surface area contributed by atoms with Crippen LogP contribution in [-0.4, -0.2) is 41.5 Å². The van der Waals surface area contributed by atoms with E-state index in [-0.39, 0.29) is 18.1 Å². The Morgan fingerprint density at radius 3 is 3.14 bits per heavy atom. The Morgan fingerprint density at radius 1 is 1.50 bits per heavy atom. The van der Waals surface area contributed by atoms with Crippen molar-refractivity contribution in [1.82, 2.24) is 15.5 Å². The highest BCUT2D eigenvalue weighted by atomic mass is 35.5. The average molecular weight is 322 g/mol. The zero-order valence-corrected chi connectivity index (χ0v) is 12.8. The van der Waals surface area contributed by atoms with E-state index in [4.69, 9.17) is 21.1 Å². The van der Waals surface area contributed by atoms with Gasteiger partial charge in [-0.3, -0.25) is 9.89 Å². The number of amides is 1. The van der Waals surface area contributed by atoms with Crippen LogP contribution in [0.2, 0.25) is 5.02 Å². The molecule has 0 spiro atoms. The predicted octanol–water partition coefficient (Wildman–Crippen LogP) is 1.95. The second kappa shape index (κ2) is 6.37. The summed E-state index contributed by atoms with van der Waals surface area (Å²) in [6.07, 6.45) is 2.98. The summed E-state index contributed by atoms with van der Waals surface area (Å²) in [5.41, 5.74) is 1.31. The maximum Gasteiger partial charge on any atom is 0.252 e. The number of benzene rings is 1. The van der Waals surface area contributed by atoms with E-state index in [1.54, 1.807) is 30.6 Å². The second-order valence-corrected chi connectivity index (χ2v) is 5.53. The van der Waals surface area contributed by atoms with E-state index in [0.29, 0.717) is 29.5 Å². The van der Waals surface area contributed by atoms with E-state index < -0.39 is 0 Å². The highest BCUT2D eigenvalue weighted by Gasteiger charge is 2.32. The molecule has 2 N–H and O–H groups in total. The van der Waals surface area contributed by atoms with Crippen molar-refractivity contribution in [3.63, 3.8) is 0 Å². The molecule has 1 aromatic heterocycles. The number of halogens is 1. The van der Waals surface area contributed by atoms with Crippen LogP contribution in [0.15, 0.2) is 30.6 Å². The van der Waals surface area contributed by atoms with Gasteiger partial charge in [0, 0.05) is 10.6 Å². The Balaban J connectivity index is 1.68. The Bertz CT molecular complexity index is 660. The van der Waals surface area contributed by atoms with Gasteiger partial charge in [-0.1, -0.05) is 17.7 Å². The fraction of sp³-hybridized carbons (Fsp3) is 0.333. The molecule has 1 aliphatic rings. The van der Waals surface area contributed by atoms with Crippen molar-refractivity contribution in [2.45, 2.75) is 19.1 Å². The van der Waals surface area contributed by atoms with Crippen LogP contribution in [0, 0.1) is 6.92 Å². The van der Waals surface area contributed by atoms with Gasteiger partial charge < -0.3 is 14.8 Å². The SMILES string of the molecule is Cc1c(Cl)cccc1C(=O)N[C@H]1COC[C@H]1Oc1cn[nH]c1. The molecule has 0 bridgehead atoms. The van der Waals surface area contributed by atoms with Gasteiger partial charge >= 0.3 is 0 Å². The fourth-order valence-electron chi connectivity index (χ4n) is 2.36. The average Bonchev–Trinajstić information content (AvgIpc) is 3.15. The van der Waals surface area contributed by atoms with E-state index >= 15 is 0 Å². The maximum absolute atomic E-state index is 12.4. The van der Waals surface area contributed by atoms with E-state index in [9.17, 15) is 4.79 Å². The summed E-state index contributed by atoms with van der Waals surface area (Å²) in [6, 6.07) is 5.05. The zero-order valence-electron chi connectivity index (χ0n) is 12.0. The van der Waals surface area contributed by atoms with Gasteiger partial charge in [0.1, 0.15) is 6.10 Å². The number of H-pyrrole nitrogens is 1. The van der Waals surface area contributed by atoms with Crippen LogP contribution in [0.1, 0.15) is 15.9 Å². The van der Waals surface area contributed by atoms with E-state index in [2.05, 4.69) is 15.5 Å². The highest BCUT2D eigenvalue weighted by Crippen LogP contribution is 2.20. The monoisotopic (exact) mass is 321 g/mol. The number of aromatic nitrogens is 2. The smallest absolute Gasteiger partial charge is 0.252 e. The molecule has 1 aromatic carbocycles. The number of carbonyl (C=O) groups is 1. The molecule has 2 aromatic rings. The lowest BCUT2D eigenvalue weighted by Gasteiger charge is -2.20. The summed E-state index contributed by atoms with van der Waals surface area (Å²) < 4.78 is 11.2. The molecule has 1 saturated heterocycles. The third-order valence-corrected chi connectivity index (χ3v) is 4.03. The molecule has 3 rings (SSSR count). The number of nitrogens with zero attached hydrogens (tertiary/aromatic N) is 1. The van der Waals surface area contributed by atoms with Crippen molar-refractivity contribution in [2.75, 3.05) is 13.2 Å². The van der Waals surface area contributed by atoms with E-state index in [1.165, 1.54) is 0 Å². The predicted molar refractivity (Wildman–Crippen MR) is 81.3 cm³/mol. The number of hydrogen-bond acceptors (Lipinski definition) is 4. The largest absolute Gasteiger partial charge is 0.482 e. The molecule has 2 atom stereocenters. The molecular formula is C15H16ClN3O3. The van der Waals surface area contributed by atoms with Gasteiger partial charge in [-0.15, -0.1) is 0 Å². The van der Waals surface area contributed by atoms with E-state index in [1.807, 2.05) is 6.92 Å². The molecule has 1 fully saturated rings. The minimum Gasteiger partial charge on any atom is -0.482 e. The molecular weight excluding hydrogens is 306 g/mol. The number of rotatable bonds is 4. The molecule has 2 heterocycles. The van der Waals surface area contributed by atoms with Crippen molar-refractivity contribution in [3.05, 3.63) is 46.7 Å². The zero-order chi connectivity index (χ0) is 15.5. The van der Waals surface area contributed by atoms with Gasteiger partial charge in [0.05, 0.1) is 31.6 Å². The first-order chi connectivity index (χ1) is 10.6. The number of nitrogens with one attached hydrogen (secondary N) is 2. The van der Waals surface area contributed by atoms with Gasteiger partial charge in [0.25, 0.3) is 5.91 Å². The van der Waals surface area contributed by atoms with Gasteiger partial charge in [0.15, 0.2) is 5.75 Å². The third-order valence-electron chi connectivity index (χ3n) is 3.62. The third kappa shape index (κ3) is 3.08. The van der Waals surface area contributed by atoms with Crippen molar-refractivity contribution >= 4 is 17.5 Å². The van der Waals surface area contributed by atoms with Gasteiger partial charge in [-0.05, 0) is 24.6 Å². The standard InChI is InChI=1S/C15H16ClN3O3/c1-9-11(3-2-4-12(9)16)15(20)19-13-7-21-8-14(13)22-10-5-17-18-6-10/h2-6,13-14H,7-8H2,1H3,(H,17,18)(H,19,20)/t13-,14+/m0/s1. The lowest BCUT2D eigenvalue weighted by atomic mass is 10.1. The molecule has 7 heteroatoms. The summed E-state index contributed by atoms with van der Waals surface area (Å²) in [5, 5.41) is 10.0. The molecule has 116 valence electrons. The summed E-state index contributed by atoms with van der Waals surface area (Å²) in [7, 11) is 0. The van der Waals surface area contributed by atoms with Gasteiger partial charge in [-0.25, -0.2) is 0 Å². The van der Waals surface area contributed by atoms with Crippen LogP contribution >= 0.6 is 11.6 Å². The first-order valence-electron chi connectivity index (χ1n) is 6.94. The maximum atomic E-state index is 12.4. The Morgan fingerprint density at radius 2 is 2.36 bits per heavy atom. The quantitative estimate of drug-likeness (QED) is 0.902. The minimum absolute atomic E-state index is 0.184. The van der Waals surface area contributed by atoms with Crippen molar-refractivity contribution in [3.8, 4) is 5.75 Å². The first-order valence-corrected chi connectivity index (χ1v) is 7.32. The molecule has 6 nitrogen and oxygen atoms in total. The molecule has 0 aliphatic carbocycles. The van der Waals surface area contributed by atoms with Crippen LogP contribution in [0.3, 0.4) is 0 Å². The van der Waals surface area contributed by atoms with Crippen molar-refractivity contribution in [2.24, 2.45) is 0 Å². The Kier molecular flexibility index (Phi) is 4.31. The first kappa shape index (κ1) is 14.9. The number of hydrogen-bond donors (Lipinski definition) is 2. The van der Waals surface area contributed by atoms with Crippen LogP contribution < -0.4 is 10.1 Å². The topological polar surface area (TPSA) is 76.2 Å². The molecule has 22 heavy (non-hydrogen) atoms. The molecule has 0 radical (unpaired) electrons. The minimum atomic E-state index is -0.249. The molecule has 1 aliphatic heterocycles. The molecule has 0 unspecified atom stereocenters. The van der Waals surface area contributed by atoms with Gasteiger partial charge in [0.2, 0.25) is 0 Å². The fourth-order valence-corrected chi connectivity index (χ4v) is 2.54. The summed E-state index contributed by atoms with van der Waals surface area (Å²) >= 11 is 6.06. The van der Waals surface area contributed by atoms with E-state index in [0.717, 1.165) is 5.56 Å². The van der Waals surface area contributed by atoms with Crippen LogP contribution in [0.25, 0.3) is 0 Å². The molecule has 1 amide bonds. The summed E-state index contributed by atoms with van der Waals surface area (Å²) in [6.45, 7) is 2.65. The van der Waals surface area contributed by atoms with Crippen LogP contribution in [-0.2, 0) is 4.74 Å². The van der Waals surface area contributed by atoms with Gasteiger partial charge in [-0.2, -0.15) is 5.10 Å². The Labute approximate surface area is 132 Å². The normalized spacial score (nSPS) is 20.8. The van der Waals surface area contributed by atoms with Crippen molar-refractivity contribution < 1.29 is 14.3 Å². The second-order valence-electron chi connectivity index (χ2n) is 5.12. The highest BCUT2D eigenvalue weighted by molar-refractivity contribution is 6.31. The van der Waals surface area contributed by atoms with Crippen molar-refractivity contribution in [1.29, 1.82) is 0 Å². The number of ether oxygens (including phenoxy) is 2. The number of aromatic amines is 1. The number of carbonyl (C=O) groups excluding carboxylic acids is 1. The summed E-state index contributed by atoms with van der Waals surface area (Å²) in [5.74, 6) is 0.435. The van der Waals surface area contributed by atoms with Crippen LogP contribution in [0.4, 0.5) is 0 Å². The lowest BCUT2D eigenvalue weighted by Crippen LogP contribution is -2.45. The molecule has 0 saturated carbocycles. The lowest BCUT2D eigenvalue weighted by molar-refractivity contribution is 0.0903. The Hall–Kier alpha value is -2.05.